The van der Waals surface area contributed by atoms with Crippen molar-refractivity contribution in [1.82, 2.24) is 14.9 Å². The van der Waals surface area contributed by atoms with E-state index in [1.165, 1.54) is 24.1 Å². The molecule has 1 aromatic heterocycles. The van der Waals surface area contributed by atoms with E-state index in [0.717, 1.165) is 5.56 Å². The highest BCUT2D eigenvalue weighted by Gasteiger charge is 2.23. The summed E-state index contributed by atoms with van der Waals surface area (Å²) in [5, 5.41) is 22.9. The van der Waals surface area contributed by atoms with Crippen LogP contribution in [0.25, 0.3) is 0 Å². The summed E-state index contributed by atoms with van der Waals surface area (Å²) < 4.78 is 12.7. The normalized spacial score (nSPS) is 11.2. The van der Waals surface area contributed by atoms with Gasteiger partial charge in [0.05, 0.1) is 24.4 Å². The van der Waals surface area contributed by atoms with Crippen LogP contribution in [0.15, 0.2) is 47.6 Å². The highest BCUT2D eigenvalue weighted by Crippen LogP contribution is 2.38. The molecule has 0 unspecified atom stereocenters. The number of nitro benzene ring substituents is 1. The largest absolute Gasteiger partial charge is 0.493 e. The molecule has 30 heavy (non-hydrogen) atoms. The molecule has 0 saturated heterocycles. The van der Waals surface area contributed by atoms with Gasteiger partial charge in [0.2, 0.25) is 10.5 Å². The predicted octanol–water partition coefficient (Wildman–Crippen LogP) is 4.12. The minimum Gasteiger partial charge on any atom is -0.493 e. The van der Waals surface area contributed by atoms with E-state index < -0.39 is 4.92 Å². The lowest BCUT2D eigenvalue weighted by molar-refractivity contribution is -0.386. The number of H-pyrrole nitrogens is 1. The number of nitro groups is 1. The number of nitrogens with zero attached hydrogens (tertiary/aromatic N) is 4. The van der Waals surface area contributed by atoms with Gasteiger partial charge in [-0.3, -0.25) is 15.2 Å². The lowest BCUT2D eigenvalue weighted by Gasteiger charge is -2.14. The first-order chi connectivity index (χ1) is 14.4. The summed E-state index contributed by atoms with van der Waals surface area (Å²) in [5.41, 5.74) is 1.31. The van der Waals surface area contributed by atoms with Crippen LogP contribution in [0.1, 0.15) is 30.8 Å². The Balaban J connectivity index is 1.97. The minimum atomic E-state index is -0.512. The SMILES string of the molecule is COc1cc(/C=N\n2c(Cc3ccccc3)n[nH]c2=S)cc([N+](=O)[O-])c1OC(C)C. The maximum absolute atomic E-state index is 11.6. The van der Waals surface area contributed by atoms with Crippen molar-refractivity contribution in [2.75, 3.05) is 7.11 Å². The molecule has 0 fully saturated rings. The summed E-state index contributed by atoms with van der Waals surface area (Å²) in [7, 11) is 1.43. The summed E-state index contributed by atoms with van der Waals surface area (Å²) in [6.07, 6.45) is 1.74. The van der Waals surface area contributed by atoms with Gasteiger partial charge in [-0.25, -0.2) is 0 Å². The third-order valence-corrected chi connectivity index (χ3v) is 4.34. The number of aromatic amines is 1. The third kappa shape index (κ3) is 4.90. The van der Waals surface area contributed by atoms with Crippen LogP contribution in [-0.4, -0.2) is 39.2 Å². The maximum atomic E-state index is 11.6. The van der Waals surface area contributed by atoms with E-state index in [-0.39, 0.29) is 23.3 Å². The summed E-state index contributed by atoms with van der Waals surface area (Å²) in [4.78, 5) is 11.0. The Labute approximate surface area is 178 Å². The van der Waals surface area contributed by atoms with Gasteiger partial charge in [-0.2, -0.15) is 14.9 Å². The molecule has 1 heterocycles. The molecule has 0 bridgehead atoms. The molecule has 156 valence electrons. The Hall–Kier alpha value is -3.53. The fourth-order valence-corrected chi connectivity index (χ4v) is 2.98. The molecule has 0 spiro atoms. The standard InChI is InChI=1S/C20H21N5O4S/c1-13(2)29-19-16(25(26)27)9-15(10-17(19)28-3)12-21-24-18(22-23-20(24)30)11-14-7-5-4-6-8-14/h4-10,12-13H,11H2,1-3H3,(H,23,30)/b21-12-. The Morgan fingerprint density at radius 2 is 2.07 bits per heavy atom. The van der Waals surface area contributed by atoms with Crippen molar-refractivity contribution in [2.24, 2.45) is 5.10 Å². The van der Waals surface area contributed by atoms with Crippen LogP contribution in [0.2, 0.25) is 0 Å². The maximum Gasteiger partial charge on any atom is 0.315 e. The highest BCUT2D eigenvalue weighted by atomic mass is 32.1. The average Bonchev–Trinajstić information content (AvgIpc) is 3.06. The Bertz CT molecular complexity index is 1120. The van der Waals surface area contributed by atoms with Crippen LogP contribution in [0.5, 0.6) is 11.5 Å². The first-order valence-electron chi connectivity index (χ1n) is 9.16. The highest BCUT2D eigenvalue weighted by molar-refractivity contribution is 7.71. The molecule has 0 aliphatic rings. The fourth-order valence-electron chi connectivity index (χ4n) is 2.78. The molecule has 10 heteroatoms. The van der Waals surface area contributed by atoms with Gasteiger partial charge in [-0.05, 0) is 37.7 Å². The van der Waals surface area contributed by atoms with E-state index in [4.69, 9.17) is 21.7 Å². The Morgan fingerprint density at radius 1 is 1.33 bits per heavy atom. The van der Waals surface area contributed by atoms with E-state index in [9.17, 15) is 10.1 Å². The van der Waals surface area contributed by atoms with Gasteiger partial charge in [0.15, 0.2) is 11.6 Å². The molecule has 3 aromatic rings. The Kier molecular flexibility index (Phi) is 6.58. The second-order valence-electron chi connectivity index (χ2n) is 6.66. The van der Waals surface area contributed by atoms with Gasteiger partial charge in [-0.15, -0.1) is 0 Å². The number of benzene rings is 2. The quantitative estimate of drug-likeness (QED) is 0.251. The van der Waals surface area contributed by atoms with E-state index in [2.05, 4.69) is 15.3 Å². The zero-order valence-corrected chi connectivity index (χ0v) is 17.5. The molecule has 3 rings (SSSR count). The Morgan fingerprint density at radius 3 is 2.70 bits per heavy atom. The molecule has 0 saturated carbocycles. The molecular weight excluding hydrogens is 406 g/mol. The molecule has 0 aliphatic carbocycles. The number of hydrogen-bond acceptors (Lipinski definition) is 7. The molecule has 0 amide bonds. The number of hydrogen-bond donors (Lipinski definition) is 1. The van der Waals surface area contributed by atoms with Gasteiger partial charge in [0.1, 0.15) is 0 Å². The zero-order chi connectivity index (χ0) is 21.7. The van der Waals surface area contributed by atoms with Crippen molar-refractivity contribution in [3.8, 4) is 11.5 Å². The average molecular weight is 427 g/mol. The smallest absolute Gasteiger partial charge is 0.315 e. The molecule has 0 radical (unpaired) electrons. The van der Waals surface area contributed by atoms with Crippen LogP contribution >= 0.6 is 12.2 Å². The van der Waals surface area contributed by atoms with Crippen LogP contribution in [0.3, 0.4) is 0 Å². The van der Waals surface area contributed by atoms with Crippen molar-refractivity contribution in [1.29, 1.82) is 0 Å². The predicted molar refractivity (Wildman–Crippen MR) is 115 cm³/mol. The molecule has 9 nitrogen and oxygen atoms in total. The summed E-state index contributed by atoms with van der Waals surface area (Å²) in [5.74, 6) is 0.947. The molecule has 2 aromatic carbocycles. The number of ether oxygens (including phenoxy) is 2. The van der Waals surface area contributed by atoms with Gasteiger partial charge < -0.3 is 9.47 Å². The summed E-state index contributed by atoms with van der Waals surface area (Å²) in [6, 6.07) is 12.8. The van der Waals surface area contributed by atoms with Crippen molar-refractivity contribution < 1.29 is 14.4 Å². The number of methoxy groups -OCH3 is 1. The molecular formula is C20H21N5O4S. The number of nitrogens with one attached hydrogen (secondary N) is 1. The lowest BCUT2D eigenvalue weighted by Crippen LogP contribution is -2.09. The van der Waals surface area contributed by atoms with Gasteiger partial charge in [0.25, 0.3) is 0 Å². The van der Waals surface area contributed by atoms with Crippen molar-refractivity contribution >= 4 is 24.1 Å². The van der Waals surface area contributed by atoms with Gasteiger partial charge >= 0.3 is 5.69 Å². The van der Waals surface area contributed by atoms with E-state index in [1.54, 1.807) is 19.9 Å². The summed E-state index contributed by atoms with van der Waals surface area (Å²) in [6.45, 7) is 3.57. The molecule has 1 N–H and O–H groups in total. The van der Waals surface area contributed by atoms with Crippen LogP contribution in [0, 0.1) is 14.9 Å². The number of rotatable bonds is 8. The van der Waals surface area contributed by atoms with E-state index in [1.807, 2.05) is 30.3 Å². The van der Waals surface area contributed by atoms with Crippen molar-refractivity contribution in [3.05, 3.63) is 74.3 Å². The van der Waals surface area contributed by atoms with Crippen LogP contribution < -0.4 is 9.47 Å². The van der Waals surface area contributed by atoms with Crippen molar-refractivity contribution in [2.45, 2.75) is 26.4 Å². The van der Waals surface area contributed by atoms with Crippen molar-refractivity contribution in [3.63, 3.8) is 0 Å². The van der Waals surface area contributed by atoms with E-state index >= 15 is 0 Å². The topological polar surface area (TPSA) is 108 Å². The van der Waals surface area contributed by atoms with E-state index in [0.29, 0.717) is 22.6 Å². The monoisotopic (exact) mass is 427 g/mol. The third-order valence-electron chi connectivity index (χ3n) is 4.07. The second-order valence-corrected chi connectivity index (χ2v) is 7.05. The second kappa shape index (κ2) is 9.31. The lowest BCUT2D eigenvalue weighted by atomic mass is 10.1. The molecule has 0 aliphatic heterocycles. The number of aromatic nitrogens is 3. The fraction of sp³-hybridized carbons (Fsp3) is 0.250. The molecule has 0 atom stereocenters. The first kappa shape index (κ1) is 21.2. The summed E-state index contributed by atoms with van der Waals surface area (Å²) >= 11 is 5.27. The van der Waals surface area contributed by atoms with Gasteiger partial charge in [-0.1, -0.05) is 30.3 Å². The van der Waals surface area contributed by atoms with Crippen LogP contribution in [-0.2, 0) is 6.42 Å². The van der Waals surface area contributed by atoms with Gasteiger partial charge in [0, 0.05) is 18.1 Å². The first-order valence-corrected chi connectivity index (χ1v) is 9.57. The van der Waals surface area contributed by atoms with Crippen LogP contribution in [0.4, 0.5) is 5.69 Å². The minimum absolute atomic E-state index is 0.0827. The zero-order valence-electron chi connectivity index (χ0n) is 16.7.